The van der Waals surface area contributed by atoms with Gasteiger partial charge in [-0.25, -0.2) is 9.59 Å². The highest BCUT2D eigenvalue weighted by molar-refractivity contribution is 5.90. The van der Waals surface area contributed by atoms with Crippen molar-refractivity contribution in [1.82, 2.24) is 0 Å². The lowest BCUT2D eigenvalue weighted by molar-refractivity contribution is -0.342. The normalized spacial score (nSPS) is 46.0. The first-order valence-corrected chi connectivity index (χ1v) is 21.7. The molecule has 61 heavy (non-hydrogen) atoms. The van der Waals surface area contributed by atoms with Crippen LogP contribution in [-0.2, 0) is 42.7 Å². The van der Waals surface area contributed by atoms with Crippen LogP contribution in [0.15, 0.2) is 53.6 Å². The molecule has 5 fully saturated rings. The second-order valence-electron chi connectivity index (χ2n) is 18.7. The zero-order valence-corrected chi connectivity index (χ0v) is 36.4. The monoisotopic (exact) mass is 856 g/mol. The van der Waals surface area contributed by atoms with Crippen LogP contribution in [0.1, 0.15) is 104 Å². The van der Waals surface area contributed by atoms with Gasteiger partial charge in [-0.3, -0.25) is 4.79 Å². The number of hydrogen-bond acceptors (Lipinski definition) is 15. The molecule has 0 spiro atoms. The molecular weight excluding hydrogens is 792 g/mol. The fourth-order valence-electron chi connectivity index (χ4n) is 11.9. The van der Waals surface area contributed by atoms with E-state index in [-0.39, 0.29) is 43.1 Å². The maximum absolute atomic E-state index is 14.0. The highest BCUT2D eigenvalue weighted by atomic mass is 16.7. The molecule has 7 rings (SSSR count). The number of Topliss-reactive ketones (excluding diaryl/α,β-unsaturated/α-hetero) is 1. The summed E-state index contributed by atoms with van der Waals surface area (Å²) in [5.74, 6) is -3.41. The highest BCUT2D eigenvalue weighted by Crippen LogP contribution is 2.70. The first-order valence-electron chi connectivity index (χ1n) is 21.7. The van der Waals surface area contributed by atoms with E-state index in [9.17, 15) is 39.9 Å². The van der Waals surface area contributed by atoms with Gasteiger partial charge in [0.25, 0.3) is 0 Å². The molecule has 3 saturated carbocycles. The van der Waals surface area contributed by atoms with Crippen LogP contribution in [0.5, 0.6) is 0 Å². The Hall–Kier alpha value is -3.09. The number of allylic oxidation sites excluding steroid dienone is 1. The maximum atomic E-state index is 14.0. The quantitative estimate of drug-likeness (QED) is 0.129. The molecule has 18 atom stereocenters. The van der Waals surface area contributed by atoms with Gasteiger partial charge in [0.1, 0.15) is 53.6 Å². The minimum absolute atomic E-state index is 0.0224. The lowest BCUT2D eigenvalue weighted by Gasteiger charge is -2.68. The number of ether oxygens (including phenoxy) is 7. The molecule has 0 bridgehead atoms. The van der Waals surface area contributed by atoms with Gasteiger partial charge in [0.05, 0.1) is 30.0 Å². The van der Waals surface area contributed by atoms with E-state index in [1.807, 2.05) is 13.0 Å². The average molecular weight is 857 g/mol. The predicted octanol–water partition coefficient (Wildman–Crippen LogP) is 3.46. The fraction of sp³-hybridized carbons (Fsp3) is 0.717. The van der Waals surface area contributed by atoms with Gasteiger partial charge in [0.2, 0.25) is 0 Å². The van der Waals surface area contributed by atoms with Crippen molar-refractivity contribution in [3.8, 4) is 0 Å². The van der Waals surface area contributed by atoms with E-state index in [1.54, 1.807) is 71.0 Å². The van der Waals surface area contributed by atoms with Gasteiger partial charge in [-0.2, -0.15) is 0 Å². The van der Waals surface area contributed by atoms with E-state index >= 15 is 0 Å². The van der Waals surface area contributed by atoms with Crippen LogP contribution in [0.3, 0.4) is 0 Å². The van der Waals surface area contributed by atoms with Crippen molar-refractivity contribution in [2.75, 3.05) is 7.11 Å². The summed E-state index contributed by atoms with van der Waals surface area (Å²) in [6.07, 6.45) is -6.51. The first-order chi connectivity index (χ1) is 28.7. The zero-order chi connectivity index (χ0) is 44.4. The number of fused-ring (bicyclic) bond motifs is 5. The minimum Gasteiger partial charge on any atom is -0.455 e. The van der Waals surface area contributed by atoms with E-state index in [2.05, 4.69) is 0 Å². The number of methoxy groups -OCH3 is 1. The Morgan fingerprint density at radius 1 is 0.869 bits per heavy atom. The molecule has 2 heterocycles. The van der Waals surface area contributed by atoms with Crippen LogP contribution in [0.2, 0.25) is 0 Å². The smallest absolute Gasteiger partial charge is 0.338 e. The first kappa shape index (κ1) is 45.9. The molecule has 15 nitrogen and oxygen atoms in total. The number of carbonyl (C=O) groups excluding carboxylic acids is 3. The lowest BCUT2D eigenvalue weighted by atomic mass is 9.42. The van der Waals surface area contributed by atoms with Gasteiger partial charge < -0.3 is 58.7 Å². The number of esters is 2. The van der Waals surface area contributed by atoms with E-state index in [0.717, 1.165) is 5.57 Å². The number of ketones is 1. The summed E-state index contributed by atoms with van der Waals surface area (Å²) in [5, 5.41) is 58.9. The van der Waals surface area contributed by atoms with E-state index in [0.29, 0.717) is 24.8 Å². The Morgan fingerprint density at radius 2 is 1.57 bits per heavy atom. The van der Waals surface area contributed by atoms with Gasteiger partial charge in [-0.05, 0) is 90.7 Å². The molecule has 5 N–H and O–H groups in total. The van der Waals surface area contributed by atoms with Gasteiger partial charge in [-0.1, -0.05) is 49.8 Å². The highest BCUT2D eigenvalue weighted by Gasteiger charge is 2.80. The summed E-state index contributed by atoms with van der Waals surface area (Å²) in [7, 11) is 1.38. The fourth-order valence-corrected chi connectivity index (χ4v) is 11.9. The Bertz CT molecular complexity index is 1860. The Morgan fingerprint density at radius 3 is 2.21 bits per heavy atom. The van der Waals surface area contributed by atoms with Crippen molar-refractivity contribution in [2.24, 2.45) is 22.7 Å². The summed E-state index contributed by atoms with van der Waals surface area (Å²) in [4.78, 5) is 41.3. The minimum atomic E-state index is -1.93. The topological polar surface area (TPSA) is 217 Å². The standard InChI is InChI=1S/C46H64O15/c1-9-23(2)40(51)59-37-38-43(6)18-16-29(58-32-22-31(48)35(26(5)56-32)60-42-34(50)36(55-8)33(49)25(4)57-42)21-28(43)15-19-45(38,53)46(54)20-17-30(24(3)47)44(46,7)39(37)61-41(52)27-13-11-10-12-14-27/h9-15,25-26,29-39,42,48-50,53-54H,16-22H2,1-8H3/b23-9+/t25-,26-,29+,30-,31-,32+,33-,34-,35-,36-,37+,38-,39-,42+,43+,44+,45+,46-/m1/s1. The molecule has 4 aliphatic carbocycles. The second-order valence-corrected chi connectivity index (χ2v) is 18.7. The lowest BCUT2D eigenvalue weighted by Crippen LogP contribution is -2.80. The van der Waals surface area contributed by atoms with Gasteiger partial charge in [0.15, 0.2) is 12.6 Å². The number of aliphatic hydroxyl groups is 5. The van der Waals surface area contributed by atoms with Crippen molar-refractivity contribution in [3.63, 3.8) is 0 Å². The van der Waals surface area contributed by atoms with Crippen molar-refractivity contribution < 1.29 is 73.1 Å². The average Bonchev–Trinajstić information content (AvgIpc) is 3.51. The molecule has 0 unspecified atom stereocenters. The molecule has 338 valence electrons. The van der Waals surface area contributed by atoms with Crippen LogP contribution in [0, 0.1) is 22.7 Å². The summed E-state index contributed by atoms with van der Waals surface area (Å²) in [6.45, 7) is 11.8. The zero-order valence-electron chi connectivity index (χ0n) is 36.4. The number of rotatable bonds is 10. The van der Waals surface area contributed by atoms with Gasteiger partial charge in [-0.15, -0.1) is 0 Å². The van der Waals surface area contributed by atoms with E-state index in [1.165, 1.54) is 14.0 Å². The molecule has 0 aromatic heterocycles. The second kappa shape index (κ2) is 17.1. The molecule has 2 saturated heterocycles. The van der Waals surface area contributed by atoms with Crippen LogP contribution >= 0.6 is 0 Å². The summed E-state index contributed by atoms with van der Waals surface area (Å²) < 4.78 is 42.7. The Kier molecular flexibility index (Phi) is 12.9. The van der Waals surface area contributed by atoms with E-state index in [4.69, 9.17) is 33.2 Å². The molecule has 2 aliphatic heterocycles. The van der Waals surface area contributed by atoms with Gasteiger partial charge >= 0.3 is 11.9 Å². The SMILES string of the molecule is C/C=C(\C)C(=O)O[C@@H]1[C@@H](OC(=O)c2ccccc2)[C@]2(C)[C@@H](C(C)=O)CC[C@]2(O)[C@]2(O)CC=C3C[C@@H](O[C@H]4C[C@@H](O)[C@H](O[C@@H]5O[C@H](C)[C@@H](O)[C@@H](OC)[C@H]5O)[C@@H](C)O4)CC[C@]3(C)[C@@H]12. The molecule has 0 radical (unpaired) electrons. The van der Waals surface area contributed by atoms with Crippen molar-refractivity contribution in [1.29, 1.82) is 0 Å². The number of carbonyl (C=O) groups is 3. The largest absolute Gasteiger partial charge is 0.455 e. The number of hydrogen-bond donors (Lipinski definition) is 5. The third kappa shape index (κ3) is 7.53. The third-order valence-electron chi connectivity index (χ3n) is 15.4. The molecular formula is C46H64O15. The molecule has 6 aliphatic rings. The molecule has 15 heteroatoms. The summed E-state index contributed by atoms with van der Waals surface area (Å²) in [6, 6.07) is 8.36. The molecule has 1 aromatic carbocycles. The summed E-state index contributed by atoms with van der Waals surface area (Å²) >= 11 is 0. The molecule has 0 amide bonds. The maximum Gasteiger partial charge on any atom is 0.338 e. The van der Waals surface area contributed by atoms with Crippen LogP contribution in [-0.4, -0.2) is 135 Å². The van der Waals surface area contributed by atoms with Crippen LogP contribution in [0.25, 0.3) is 0 Å². The number of aliphatic hydroxyl groups excluding tert-OH is 3. The van der Waals surface area contributed by atoms with Gasteiger partial charge in [0, 0.05) is 36.4 Å². The van der Waals surface area contributed by atoms with E-state index < -0.39 is 113 Å². The third-order valence-corrected chi connectivity index (χ3v) is 15.4. The predicted molar refractivity (Wildman–Crippen MR) is 216 cm³/mol. The Labute approximate surface area is 357 Å². The van der Waals surface area contributed by atoms with Crippen LogP contribution < -0.4 is 0 Å². The summed E-state index contributed by atoms with van der Waals surface area (Å²) in [5.41, 5.74) is -4.84. The van der Waals surface area contributed by atoms with Crippen molar-refractivity contribution >= 4 is 17.7 Å². The Balaban J connectivity index is 1.16. The van der Waals surface area contributed by atoms with Crippen molar-refractivity contribution in [3.05, 3.63) is 59.2 Å². The van der Waals surface area contributed by atoms with Crippen LogP contribution in [0.4, 0.5) is 0 Å². The van der Waals surface area contributed by atoms with Crippen molar-refractivity contribution in [2.45, 2.75) is 178 Å². The number of benzene rings is 1. The molecule has 1 aromatic rings.